The topological polar surface area (TPSA) is 65.1 Å². The van der Waals surface area contributed by atoms with Crippen molar-refractivity contribution in [1.82, 2.24) is 14.7 Å². The highest BCUT2D eigenvalue weighted by molar-refractivity contribution is 5.31. The van der Waals surface area contributed by atoms with E-state index in [0.717, 1.165) is 61.4 Å². The molecule has 1 N–H and O–H groups in total. The quantitative estimate of drug-likeness (QED) is 0.758. The van der Waals surface area contributed by atoms with Gasteiger partial charge >= 0.3 is 0 Å². The highest BCUT2D eigenvalue weighted by Gasteiger charge is 2.12. The lowest BCUT2D eigenvalue weighted by Gasteiger charge is -2.09. The molecule has 0 aliphatic rings. The molecule has 2 rings (SSSR count). The molecule has 0 radical (unpaired) electrons. The number of aromatic nitrogens is 3. The van der Waals surface area contributed by atoms with E-state index in [9.17, 15) is 0 Å². The monoisotopic (exact) mass is 292 g/mol. The highest BCUT2D eigenvalue weighted by atomic mass is 16.5. The lowest BCUT2D eigenvalue weighted by atomic mass is 10.2. The van der Waals surface area contributed by atoms with Crippen molar-refractivity contribution in [3.05, 3.63) is 28.9 Å². The predicted molar refractivity (Wildman–Crippen MR) is 81.6 cm³/mol. The molecule has 0 spiro atoms. The van der Waals surface area contributed by atoms with Gasteiger partial charge in [0.25, 0.3) is 0 Å². The zero-order valence-electron chi connectivity index (χ0n) is 13.3. The fourth-order valence-corrected chi connectivity index (χ4v) is 2.23. The van der Waals surface area contributed by atoms with Gasteiger partial charge in [-0.2, -0.15) is 0 Å². The van der Waals surface area contributed by atoms with Crippen molar-refractivity contribution in [2.24, 2.45) is 0 Å². The van der Waals surface area contributed by atoms with Gasteiger partial charge in [0.2, 0.25) is 5.95 Å². The molecule has 2 aromatic heterocycles. The zero-order valence-corrected chi connectivity index (χ0v) is 13.3. The minimum atomic E-state index is 0.718. The van der Waals surface area contributed by atoms with Crippen LogP contribution < -0.4 is 5.32 Å². The van der Waals surface area contributed by atoms with Gasteiger partial charge in [0.05, 0.1) is 17.9 Å². The smallest absolute Gasteiger partial charge is 0.203 e. The van der Waals surface area contributed by atoms with Gasteiger partial charge in [-0.1, -0.05) is 5.16 Å². The Morgan fingerprint density at radius 1 is 1.33 bits per heavy atom. The van der Waals surface area contributed by atoms with Crippen molar-refractivity contribution < 1.29 is 9.26 Å². The van der Waals surface area contributed by atoms with Gasteiger partial charge in [-0.3, -0.25) is 0 Å². The van der Waals surface area contributed by atoms with Crippen LogP contribution in [0.2, 0.25) is 0 Å². The number of imidazole rings is 1. The summed E-state index contributed by atoms with van der Waals surface area (Å²) < 4.78 is 12.7. The molecule has 2 heterocycles. The van der Waals surface area contributed by atoms with Crippen LogP contribution in [0.1, 0.15) is 36.1 Å². The minimum Gasteiger partial charge on any atom is -0.382 e. The summed E-state index contributed by atoms with van der Waals surface area (Å²) in [7, 11) is 0. The minimum absolute atomic E-state index is 0.718. The number of hydrogen-bond donors (Lipinski definition) is 1. The third kappa shape index (κ3) is 4.07. The van der Waals surface area contributed by atoms with E-state index in [4.69, 9.17) is 9.26 Å². The van der Waals surface area contributed by atoms with Gasteiger partial charge in [0, 0.05) is 31.5 Å². The van der Waals surface area contributed by atoms with Crippen LogP contribution in [0.15, 0.2) is 10.7 Å². The van der Waals surface area contributed by atoms with Crippen molar-refractivity contribution in [3.8, 4) is 0 Å². The second kappa shape index (κ2) is 7.26. The number of nitrogens with zero attached hydrogens (tertiary/aromatic N) is 3. The predicted octanol–water partition coefficient (Wildman–Crippen LogP) is 2.68. The molecule has 6 nitrogen and oxygen atoms in total. The van der Waals surface area contributed by atoms with E-state index in [-0.39, 0.29) is 0 Å². The van der Waals surface area contributed by atoms with Crippen LogP contribution in [-0.4, -0.2) is 34.5 Å². The molecule has 0 saturated carbocycles. The molecule has 0 atom stereocenters. The first-order chi connectivity index (χ1) is 10.1. The Hall–Kier alpha value is -1.82. The summed E-state index contributed by atoms with van der Waals surface area (Å²) in [5.41, 5.74) is 3.04. The SMILES string of the molecule is CCOCCCNc1nc(C)cn1Cc1c(C)noc1C. The number of hydrogen-bond acceptors (Lipinski definition) is 5. The molecule has 0 fully saturated rings. The normalized spacial score (nSPS) is 11.0. The highest BCUT2D eigenvalue weighted by Crippen LogP contribution is 2.17. The largest absolute Gasteiger partial charge is 0.382 e. The van der Waals surface area contributed by atoms with Crippen molar-refractivity contribution >= 4 is 5.95 Å². The molecule has 0 bridgehead atoms. The molecule has 0 amide bonds. The molecular weight excluding hydrogens is 268 g/mol. The number of rotatable bonds is 8. The molecule has 21 heavy (non-hydrogen) atoms. The van der Waals surface area contributed by atoms with E-state index in [1.807, 2.05) is 33.9 Å². The van der Waals surface area contributed by atoms with Crippen LogP contribution in [0.25, 0.3) is 0 Å². The maximum absolute atomic E-state index is 5.34. The summed E-state index contributed by atoms with van der Waals surface area (Å²) in [6.07, 6.45) is 3.00. The molecule has 2 aromatic rings. The average molecular weight is 292 g/mol. The first-order valence-electron chi connectivity index (χ1n) is 7.39. The van der Waals surface area contributed by atoms with Crippen molar-refractivity contribution in [1.29, 1.82) is 0 Å². The first kappa shape index (κ1) is 15.6. The van der Waals surface area contributed by atoms with Crippen LogP contribution in [0, 0.1) is 20.8 Å². The van der Waals surface area contributed by atoms with E-state index >= 15 is 0 Å². The van der Waals surface area contributed by atoms with E-state index in [2.05, 4.69) is 20.0 Å². The van der Waals surface area contributed by atoms with Gasteiger partial charge in [-0.25, -0.2) is 4.98 Å². The van der Waals surface area contributed by atoms with Crippen LogP contribution in [-0.2, 0) is 11.3 Å². The standard InChI is InChI=1S/C15H24N4O2/c1-5-20-8-6-7-16-15-17-11(2)9-19(15)10-14-12(3)18-21-13(14)4/h9H,5-8,10H2,1-4H3,(H,16,17). The third-order valence-corrected chi connectivity index (χ3v) is 3.36. The zero-order chi connectivity index (χ0) is 15.2. The summed E-state index contributed by atoms with van der Waals surface area (Å²) in [5, 5.41) is 7.36. The van der Waals surface area contributed by atoms with Crippen molar-refractivity contribution in [2.75, 3.05) is 25.1 Å². The second-order valence-corrected chi connectivity index (χ2v) is 5.11. The van der Waals surface area contributed by atoms with Gasteiger partial charge < -0.3 is 19.1 Å². The van der Waals surface area contributed by atoms with Gasteiger partial charge in [0.15, 0.2) is 0 Å². The molecule has 0 unspecified atom stereocenters. The van der Waals surface area contributed by atoms with Crippen molar-refractivity contribution in [3.63, 3.8) is 0 Å². The van der Waals surface area contributed by atoms with E-state index < -0.39 is 0 Å². The third-order valence-electron chi connectivity index (χ3n) is 3.36. The lowest BCUT2D eigenvalue weighted by molar-refractivity contribution is 0.147. The Balaban J connectivity index is 2.00. The Morgan fingerprint density at radius 2 is 2.14 bits per heavy atom. The van der Waals surface area contributed by atoms with E-state index in [1.165, 1.54) is 0 Å². The second-order valence-electron chi connectivity index (χ2n) is 5.11. The number of anilines is 1. The summed E-state index contributed by atoms with van der Waals surface area (Å²) in [6.45, 7) is 11.0. The Kier molecular flexibility index (Phi) is 5.38. The maximum atomic E-state index is 5.34. The van der Waals surface area contributed by atoms with Crippen LogP contribution >= 0.6 is 0 Å². The Morgan fingerprint density at radius 3 is 2.81 bits per heavy atom. The molecule has 0 saturated heterocycles. The summed E-state index contributed by atoms with van der Waals surface area (Å²) in [5.74, 6) is 1.74. The summed E-state index contributed by atoms with van der Waals surface area (Å²) in [4.78, 5) is 4.53. The van der Waals surface area contributed by atoms with Gasteiger partial charge in [-0.05, 0) is 34.1 Å². The lowest BCUT2D eigenvalue weighted by Crippen LogP contribution is -2.11. The van der Waals surface area contributed by atoms with Gasteiger partial charge in [0.1, 0.15) is 5.76 Å². The molecule has 6 heteroatoms. The summed E-state index contributed by atoms with van der Waals surface area (Å²) >= 11 is 0. The average Bonchev–Trinajstić information content (AvgIpc) is 2.96. The number of aryl methyl sites for hydroxylation is 3. The Labute approximate surface area is 125 Å². The van der Waals surface area contributed by atoms with Gasteiger partial charge in [-0.15, -0.1) is 0 Å². The number of nitrogens with one attached hydrogen (secondary N) is 1. The molecule has 0 aromatic carbocycles. The molecule has 0 aliphatic carbocycles. The first-order valence-corrected chi connectivity index (χ1v) is 7.39. The summed E-state index contributed by atoms with van der Waals surface area (Å²) in [6, 6.07) is 0. The number of ether oxygens (including phenoxy) is 1. The molecule has 116 valence electrons. The molecular formula is C15H24N4O2. The van der Waals surface area contributed by atoms with Crippen LogP contribution in [0.3, 0.4) is 0 Å². The van der Waals surface area contributed by atoms with Crippen LogP contribution in [0.4, 0.5) is 5.95 Å². The molecule has 0 aliphatic heterocycles. The van der Waals surface area contributed by atoms with E-state index in [1.54, 1.807) is 0 Å². The fraction of sp³-hybridized carbons (Fsp3) is 0.600. The maximum Gasteiger partial charge on any atom is 0.203 e. The van der Waals surface area contributed by atoms with E-state index in [0.29, 0.717) is 0 Å². The Bertz CT molecular complexity index is 555. The van der Waals surface area contributed by atoms with Crippen LogP contribution in [0.5, 0.6) is 0 Å². The fourth-order valence-electron chi connectivity index (χ4n) is 2.23. The van der Waals surface area contributed by atoms with Crippen molar-refractivity contribution in [2.45, 2.75) is 40.7 Å².